The molecule has 1 aliphatic rings. The first kappa shape index (κ1) is 17.1. The summed E-state index contributed by atoms with van der Waals surface area (Å²) in [5.41, 5.74) is 2.22. The second kappa shape index (κ2) is 8.39. The predicted octanol–water partition coefficient (Wildman–Crippen LogP) is 1.95. The van der Waals surface area contributed by atoms with Gasteiger partial charge in [0.1, 0.15) is 0 Å². The van der Waals surface area contributed by atoms with Crippen LogP contribution in [0.2, 0.25) is 0 Å². The minimum Gasteiger partial charge on any atom is -0.352 e. The smallest absolute Gasteiger partial charge is 0.257 e. The molecule has 1 atom stereocenters. The molecule has 0 saturated carbocycles. The van der Waals surface area contributed by atoms with Crippen molar-refractivity contribution in [2.75, 3.05) is 18.4 Å². The Morgan fingerprint density at radius 2 is 2.04 bits per heavy atom. The number of carbonyl (C=O) groups excluding carboxylic acids is 2. The Hall–Kier alpha value is -2.73. The normalized spacial score (nSPS) is 16.9. The quantitative estimate of drug-likeness (QED) is 0.778. The lowest BCUT2D eigenvalue weighted by Gasteiger charge is -2.21. The molecule has 1 fully saturated rings. The third-order valence-corrected chi connectivity index (χ3v) is 4.27. The van der Waals surface area contributed by atoms with Crippen LogP contribution in [0.4, 0.5) is 5.69 Å². The van der Waals surface area contributed by atoms with Gasteiger partial charge in [0.2, 0.25) is 5.91 Å². The van der Waals surface area contributed by atoms with Crippen molar-refractivity contribution in [3.8, 4) is 0 Å². The highest BCUT2D eigenvalue weighted by Gasteiger charge is 2.20. The number of aromatic nitrogens is 1. The maximum Gasteiger partial charge on any atom is 0.257 e. The SMILES string of the molecule is O=C(Nc1ccc(CNC(=O)C2CCCNC2)cc1)c1cccnc1. The molecule has 2 amide bonds. The fourth-order valence-corrected chi connectivity index (χ4v) is 2.82. The van der Waals surface area contributed by atoms with Gasteiger partial charge in [0.15, 0.2) is 0 Å². The number of amides is 2. The number of carbonyl (C=O) groups is 2. The number of hydrogen-bond acceptors (Lipinski definition) is 4. The molecule has 1 unspecified atom stereocenters. The summed E-state index contributed by atoms with van der Waals surface area (Å²) in [5, 5.41) is 9.06. The van der Waals surface area contributed by atoms with Crippen LogP contribution in [0.25, 0.3) is 0 Å². The molecule has 0 spiro atoms. The van der Waals surface area contributed by atoms with Crippen molar-refractivity contribution in [1.82, 2.24) is 15.6 Å². The molecule has 3 rings (SSSR count). The van der Waals surface area contributed by atoms with Crippen molar-refractivity contribution in [2.24, 2.45) is 5.92 Å². The molecule has 25 heavy (non-hydrogen) atoms. The summed E-state index contributed by atoms with van der Waals surface area (Å²) in [6, 6.07) is 10.9. The van der Waals surface area contributed by atoms with E-state index in [1.165, 1.54) is 6.20 Å². The Morgan fingerprint density at radius 1 is 1.20 bits per heavy atom. The summed E-state index contributed by atoms with van der Waals surface area (Å²) in [6.07, 6.45) is 5.14. The first-order valence-electron chi connectivity index (χ1n) is 8.51. The number of anilines is 1. The predicted molar refractivity (Wildman–Crippen MR) is 96.1 cm³/mol. The molecular weight excluding hydrogens is 316 g/mol. The van der Waals surface area contributed by atoms with Crippen LogP contribution in [-0.4, -0.2) is 29.9 Å². The molecule has 130 valence electrons. The maximum absolute atomic E-state index is 12.1. The summed E-state index contributed by atoms with van der Waals surface area (Å²) in [7, 11) is 0. The van der Waals surface area contributed by atoms with Crippen LogP contribution in [0.15, 0.2) is 48.8 Å². The first-order chi connectivity index (χ1) is 12.2. The van der Waals surface area contributed by atoms with Gasteiger partial charge >= 0.3 is 0 Å². The van der Waals surface area contributed by atoms with Gasteiger partial charge in [0.25, 0.3) is 5.91 Å². The third-order valence-electron chi connectivity index (χ3n) is 4.27. The molecule has 0 bridgehead atoms. The highest BCUT2D eigenvalue weighted by Crippen LogP contribution is 2.13. The van der Waals surface area contributed by atoms with E-state index < -0.39 is 0 Å². The zero-order valence-electron chi connectivity index (χ0n) is 14.0. The van der Waals surface area contributed by atoms with E-state index >= 15 is 0 Å². The summed E-state index contributed by atoms with van der Waals surface area (Å²) < 4.78 is 0. The fraction of sp³-hybridized carbons (Fsp3) is 0.316. The average molecular weight is 338 g/mol. The molecule has 2 heterocycles. The van der Waals surface area contributed by atoms with E-state index in [1.807, 2.05) is 24.3 Å². The highest BCUT2D eigenvalue weighted by atomic mass is 16.2. The van der Waals surface area contributed by atoms with Gasteiger partial charge in [-0.3, -0.25) is 14.6 Å². The fourth-order valence-electron chi connectivity index (χ4n) is 2.82. The van der Waals surface area contributed by atoms with Crippen molar-refractivity contribution in [3.05, 3.63) is 59.9 Å². The highest BCUT2D eigenvalue weighted by molar-refractivity contribution is 6.04. The Balaban J connectivity index is 1.50. The number of nitrogens with one attached hydrogen (secondary N) is 3. The number of pyridine rings is 1. The topological polar surface area (TPSA) is 83.1 Å². The van der Waals surface area contributed by atoms with Crippen molar-refractivity contribution >= 4 is 17.5 Å². The third kappa shape index (κ3) is 4.87. The van der Waals surface area contributed by atoms with Gasteiger partial charge in [0.05, 0.1) is 11.5 Å². The largest absolute Gasteiger partial charge is 0.352 e. The van der Waals surface area contributed by atoms with Crippen LogP contribution in [0.5, 0.6) is 0 Å². The maximum atomic E-state index is 12.1. The molecule has 0 aliphatic carbocycles. The Bertz CT molecular complexity index is 710. The van der Waals surface area contributed by atoms with Crippen LogP contribution < -0.4 is 16.0 Å². The second-order valence-electron chi connectivity index (χ2n) is 6.15. The average Bonchev–Trinajstić information content (AvgIpc) is 2.68. The van der Waals surface area contributed by atoms with Gasteiger partial charge in [0, 0.05) is 31.2 Å². The van der Waals surface area contributed by atoms with Crippen molar-refractivity contribution in [3.63, 3.8) is 0 Å². The van der Waals surface area contributed by atoms with Crippen LogP contribution in [0.3, 0.4) is 0 Å². The van der Waals surface area contributed by atoms with E-state index in [2.05, 4.69) is 20.9 Å². The van der Waals surface area contributed by atoms with Gasteiger partial charge in [-0.2, -0.15) is 0 Å². The lowest BCUT2D eigenvalue weighted by Crippen LogP contribution is -2.40. The molecule has 1 aromatic heterocycles. The second-order valence-corrected chi connectivity index (χ2v) is 6.15. The van der Waals surface area contributed by atoms with Gasteiger partial charge < -0.3 is 16.0 Å². The van der Waals surface area contributed by atoms with Gasteiger partial charge in [-0.05, 0) is 49.2 Å². The molecule has 3 N–H and O–H groups in total. The van der Waals surface area contributed by atoms with Crippen LogP contribution >= 0.6 is 0 Å². The summed E-state index contributed by atoms with van der Waals surface area (Å²) >= 11 is 0. The van der Waals surface area contributed by atoms with Crippen LogP contribution in [0, 0.1) is 5.92 Å². The van der Waals surface area contributed by atoms with Crippen molar-refractivity contribution in [2.45, 2.75) is 19.4 Å². The zero-order valence-corrected chi connectivity index (χ0v) is 14.0. The Labute approximate surface area is 147 Å². The number of nitrogens with zero attached hydrogens (tertiary/aromatic N) is 1. The molecule has 2 aromatic rings. The standard InChI is InChI=1S/C19H22N4O2/c24-18(15-3-1-9-20-12-15)22-11-14-5-7-17(8-6-14)23-19(25)16-4-2-10-21-13-16/h2,4-8,10,13,15,20H,1,3,9,11-12H2,(H,22,24)(H,23,25). The molecule has 1 aliphatic heterocycles. The molecule has 0 radical (unpaired) electrons. The van der Waals surface area contributed by atoms with Crippen LogP contribution in [0.1, 0.15) is 28.8 Å². The number of hydrogen-bond donors (Lipinski definition) is 3. The van der Waals surface area contributed by atoms with Crippen molar-refractivity contribution < 1.29 is 9.59 Å². The lowest BCUT2D eigenvalue weighted by molar-refractivity contribution is -0.125. The van der Waals surface area contributed by atoms with E-state index in [9.17, 15) is 9.59 Å². The molecule has 1 saturated heterocycles. The zero-order chi connectivity index (χ0) is 17.5. The summed E-state index contributed by atoms with van der Waals surface area (Å²) in [4.78, 5) is 28.1. The van der Waals surface area contributed by atoms with E-state index in [-0.39, 0.29) is 17.7 Å². The number of piperidine rings is 1. The number of benzene rings is 1. The van der Waals surface area contributed by atoms with E-state index in [1.54, 1.807) is 18.3 Å². The van der Waals surface area contributed by atoms with Crippen molar-refractivity contribution in [1.29, 1.82) is 0 Å². The van der Waals surface area contributed by atoms with Gasteiger partial charge in [-0.15, -0.1) is 0 Å². The molecule has 6 nitrogen and oxygen atoms in total. The molecular formula is C19H22N4O2. The lowest BCUT2D eigenvalue weighted by atomic mass is 9.99. The Morgan fingerprint density at radius 3 is 2.72 bits per heavy atom. The number of rotatable bonds is 5. The first-order valence-corrected chi connectivity index (χ1v) is 8.51. The van der Waals surface area contributed by atoms with E-state index in [4.69, 9.17) is 0 Å². The monoisotopic (exact) mass is 338 g/mol. The Kier molecular flexibility index (Phi) is 5.74. The molecule has 6 heteroatoms. The van der Waals surface area contributed by atoms with E-state index in [0.29, 0.717) is 17.8 Å². The van der Waals surface area contributed by atoms with Gasteiger partial charge in [-0.25, -0.2) is 0 Å². The van der Waals surface area contributed by atoms with E-state index in [0.717, 1.165) is 31.5 Å². The molecule has 1 aromatic carbocycles. The summed E-state index contributed by atoms with van der Waals surface area (Å²) in [6.45, 7) is 2.24. The minimum absolute atomic E-state index is 0.0618. The minimum atomic E-state index is -0.195. The van der Waals surface area contributed by atoms with Crippen LogP contribution in [-0.2, 0) is 11.3 Å². The summed E-state index contributed by atoms with van der Waals surface area (Å²) in [5.74, 6) is -0.0353. The van der Waals surface area contributed by atoms with Gasteiger partial charge in [-0.1, -0.05) is 12.1 Å².